The minimum Gasteiger partial charge on any atom is -0.393 e. The van der Waals surface area contributed by atoms with E-state index >= 15 is 0 Å². The van der Waals surface area contributed by atoms with E-state index in [0.717, 1.165) is 57.7 Å². The summed E-state index contributed by atoms with van der Waals surface area (Å²) in [6.45, 7) is 2.17. The maximum Gasteiger partial charge on any atom is 0.313 e. The molecule has 0 aromatic rings. The Hall–Kier alpha value is -1.19. The number of hydrogen-bond donors (Lipinski definition) is 0. The van der Waals surface area contributed by atoms with E-state index in [2.05, 4.69) is 6.92 Å². The molecule has 0 saturated heterocycles. The molecule has 128 valence electrons. The van der Waals surface area contributed by atoms with Gasteiger partial charge in [0, 0.05) is 19.3 Å². The molecular weight excluding hydrogens is 280 g/mol. The summed E-state index contributed by atoms with van der Waals surface area (Å²) in [5, 5.41) is 0. The Bertz CT molecular complexity index is 299. The number of carbonyl (C=O) groups excluding carboxylic acids is 3. The highest BCUT2D eigenvalue weighted by Gasteiger charge is 2.09. The molecule has 0 heterocycles. The van der Waals surface area contributed by atoms with Crippen LogP contribution in [-0.2, 0) is 19.1 Å². The Morgan fingerprint density at radius 1 is 0.727 bits per heavy atom. The molecular formula is C18H32O4. The topological polar surface area (TPSA) is 60.4 Å². The number of rotatable bonds is 15. The summed E-state index contributed by atoms with van der Waals surface area (Å²) in [6.07, 6.45) is 13.6. The maximum atomic E-state index is 11.5. The van der Waals surface area contributed by atoms with Crippen molar-refractivity contribution in [1.29, 1.82) is 0 Å². The third-order valence-corrected chi connectivity index (χ3v) is 3.67. The highest BCUT2D eigenvalue weighted by atomic mass is 16.6. The van der Waals surface area contributed by atoms with Crippen LogP contribution in [0.1, 0.15) is 96.8 Å². The molecule has 0 fully saturated rings. The van der Waals surface area contributed by atoms with Crippen molar-refractivity contribution < 1.29 is 19.1 Å². The molecule has 0 unspecified atom stereocenters. The standard InChI is InChI=1S/C18H32O4/c1-2-3-4-5-8-11-14-17(20)22-18(21)15-12-9-6-7-10-13-16-19/h16H,2-15H2,1H3. The van der Waals surface area contributed by atoms with Crippen molar-refractivity contribution in [2.45, 2.75) is 96.8 Å². The van der Waals surface area contributed by atoms with Gasteiger partial charge in [0.05, 0.1) is 0 Å². The fourth-order valence-corrected chi connectivity index (χ4v) is 2.31. The minimum absolute atomic E-state index is 0.315. The molecule has 22 heavy (non-hydrogen) atoms. The van der Waals surface area contributed by atoms with Crippen LogP contribution < -0.4 is 0 Å². The molecule has 0 rings (SSSR count). The lowest BCUT2D eigenvalue weighted by atomic mass is 10.1. The van der Waals surface area contributed by atoms with Crippen molar-refractivity contribution in [3.8, 4) is 0 Å². The van der Waals surface area contributed by atoms with E-state index in [4.69, 9.17) is 4.74 Å². The van der Waals surface area contributed by atoms with Crippen molar-refractivity contribution in [2.24, 2.45) is 0 Å². The molecule has 0 aliphatic heterocycles. The molecule has 0 amide bonds. The van der Waals surface area contributed by atoms with Gasteiger partial charge in [-0.3, -0.25) is 9.59 Å². The molecule has 0 aromatic carbocycles. The highest BCUT2D eigenvalue weighted by molar-refractivity contribution is 5.85. The van der Waals surface area contributed by atoms with Crippen molar-refractivity contribution in [3.05, 3.63) is 0 Å². The minimum atomic E-state index is -0.399. The van der Waals surface area contributed by atoms with E-state index in [9.17, 15) is 14.4 Å². The first kappa shape index (κ1) is 20.8. The van der Waals surface area contributed by atoms with Crippen molar-refractivity contribution in [3.63, 3.8) is 0 Å². The predicted molar refractivity (Wildman–Crippen MR) is 87.5 cm³/mol. The molecule has 0 bridgehead atoms. The normalized spacial score (nSPS) is 10.4. The second-order valence-electron chi connectivity index (χ2n) is 5.84. The van der Waals surface area contributed by atoms with Crippen LogP contribution in [0.4, 0.5) is 0 Å². The second kappa shape index (κ2) is 16.2. The predicted octanol–water partition coefficient (Wildman–Crippen LogP) is 4.74. The van der Waals surface area contributed by atoms with Gasteiger partial charge in [-0.1, -0.05) is 58.3 Å². The first-order valence-corrected chi connectivity index (χ1v) is 8.87. The van der Waals surface area contributed by atoms with Gasteiger partial charge in [-0.05, 0) is 19.3 Å². The van der Waals surface area contributed by atoms with E-state index in [1.165, 1.54) is 19.3 Å². The smallest absolute Gasteiger partial charge is 0.313 e. The Labute approximate surface area is 135 Å². The lowest BCUT2D eigenvalue weighted by molar-refractivity contribution is -0.159. The molecule has 0 saturated carbocycles. The van der Waals surface area contributed by atoms with E-state index < -0.39 is 5.97 Å². The van der Waals surface area contributed by atoms with Crippen LogP contribution in [0.2, 0.25) is 0 Å². The molecule has 0 aliphatic carbocycles. The lowest BCUT2D eigenvalue weighted by Crippen LogP contribution is -2.11. The molecule has 4 nitrogen and oxygen atoms in total. The Morgan fingerprint density at radius 3 is 1.68 bits per heavy atom. The van der Waals surface area contributed by atoms with Gasteiger partial charge in [-0.15, -0.1) is 0 Å². The average Bonchev–Trinajstić information content (AvgIpc) is 2.50. The number of esters is 2. The number of hydrogen-bond acceptors (Lipinski definition) is 4. The van der Waals surface area contributed by atoms with Crippen molar-refractivity contribution in [1.82, 2.24) is 0 Å². The molecule has 0 N–H and O–H groups in total. The van der Waals surface area contributed by atoms with Crippen LogP contribution >= 0.6 is 0 Å². The fraction of sp³-hybridized carbons (Fsp3) is 0.833. The molecule has 0 atom stereocenters. The van der Waals surface area contributed by atoms with Gasteiger partial charge in [0.25, 0.3) is 0 Å². The SMILES string of the molecule is CCCCCCCCC(=O)OC(=O)CCCCCCCC=O. The Morgan fingerprint density at radius 2 is 1.18 bits per heavy atom. The highest BCUT2D eigenvalue weighted by Crippen LogP contribution is 2.09. The summed E-state index contributed by atoms with van der Waals surface area (Å²) in [5.74, 6) is -0.782. The molecule has 0 radical (unpaired) electrons. The van der Waals surface area contributed by atoms with Crippen LogP contribution in [-0.4, -0.2) is 18.2 Å². The zero-order valence-corrected chi connectivity index (χ0v) is 14.1. The van der Waals surface area contributed by atoms with Gasteiger partial charge in [-0.25, -0.2) is 0 Å². The summed E-state index contributed by atoms with van der Waals surface area (Å²) < 4.78 is 4.80. The first-order chi connectivity index (χ1) is 10.7. The Kier molecular flexibility index (Phi) is 15.3. The van der Waals surface area contributed by atoms with E-state index in [-0.39, 0.29) is 5.97 Å². The van der Waals surface area contributed by atoms with E-state index in [0.29, 0.717) is 19.3 Å². The first-order valence-electron chi connectivity index (χ1n) is 8.87. The number of aldehydes is 1. The van der Waals surface area contributed by atoms with Crippen LogP contribution in [0.15, 0.2) is 0 Å². The van der Waals surface area contributed by atoms with E-state index in [1.54, 1.807) is 0 Å². The van der Waals surface area contributed by atoms with Crippen molar-refractivity contribution in [2.75, 3.05) is 0 Å². The summed E-state index contributed by atoms with van der Waals surface area (Å²) in [5.41, 5.74) is 0. The summed E-state index contributed by atoms with van der Waals surface area (Å²) >= 11 is 0. The van der Waals surface area contributed by atoms with Gasteiger partial charge in [0.1, 0.15) is 6.29 Å². The molecule has 0 aliphatic rings. The number of carbonyl (C=O) groups is 3. The fourth-order valence-electron chi connectivity index (χ4n) is 2.31. The third-order valence-electron chi connectivity index (χ3n) is 3.67. The molecule has 4 heteroatoms. The van der Waals surface area contributed by atoms with Crippen LogP contribution in [0, 0.1) is 0 Å². The largest absolute Gasteiger partial charge is 0.393 e. The lowest BCUT2D eigenvalue weighted by Gasteiger charge is -2.03. The summed E-state index contributed by atoms with van der Waals surface area (Å²) in [6, 6.07) is 0. The van der Waals surface area contributed by atoms with Gasteiger partial charge < -0.3 is 9.53 Å². The van der Waals surface area contributed by atoms with Crippen LogP contribution in [0.25, 0.3) is 0 Å². The molecule has 0 aromatic heterocycles. The molecule has 0 spiro atoms. The summed E-state index contributed by atoms with van der Waals surface area (Å²) in [7, 11) is 0. The van der Waals surface area contributed by atoms with Gasteiger partial charge >= 0.3 is 11.9 Å². The quantitative estimate of drug-likeness (QED) is 0.190. The van der Waals surface area contributed by atoms with Crippen LogP contribution in [0.3, 0.4) is 0 Å². The number of unbranched alkanes of at least 4 members (excludes halogenated alkanes) is 10. The Balaban J connectivity index is 3.38. The van der Waals surface area contributed by atoms with E-state index in [1.807, 2.05) is 0 Å². The third kappa shape index (κ3) is 15.2. The van der Waals surface area contributed by atoms with Gasteiger partial charge in [-0.2, -0.15) is 0 Å². The van der Waals surface area contributed by atoms with Gasteiger partial charge in [0.2, 0.25) is 0 Å². The van der Waals surface area contributed by atoms with Crippen LogP contribution in [0.5, 0.6) is 0 Å². The summed E-state index contributed by atoms with van der Waals surface area (Å²) in [4.78, 5) is 33.1. The maximum absolute atomic E-state index is 11.5. The van der Waals surface area contributed by atoms with Gasteiger partial charge in [0.15, 0.2) is 0 Å². The zero-order chi connectivity index (χ0) is 16.5. The number of ether oxygens (including phenoxy) is 1. The second-order valence-corrected chi connectivity index (χ2v) is 5.84. The monoisotopic (exact) mass is 312 g/mol. The zero-order valence-electron chi connectivity index (χ0n) is 14.1. The van der Waals surface area contributed by atoms with Crippen molar-refractivity contribution >= 4 is 18.2 Å². The average molecular weight is 312 g/mol.